The van der Waals surface area contributed by atoms with Crippen molar-refractivity contribution >= 4 is 27.9 Å². The van der Waals surface area contributed by atoms with Gasteiger partial charge in [0.05, 0.1) is 6.54 Å². The normalized spacial score (nSPS) is 15.6. The Morgan fingerprint density at radius 2 is 2.43 bits per heavy atom. The third-order valence-corrected chi connectivity index (χ3v) is 4.33. The van der Waals surface area contributed by atoms with E-state index in [0.717, 1.165) is 18.1 Å². The third kappa shape index (κ3) is 2.79. The van der Waals surface area contributed by atoms with E-state index >= 15 is 0 Å². The molecule has 0 amide bonds. The summed E-state index contributed by atoms with van der Waals surface area (Å²) >= 11 is 3.74. The van der Waals surface area contributed by atoms with Gasteiger partial charge in [0.2, 0.25) is 0 Å². The second-order valence-electron chi connectivity index (χ2n) is 3.27. The van der Waals surface area contributed by atoms with Gasteiger partial charge in [-0.05, 0) is 12.5 Å². The zero-order valence-electron chi connectivity index (χ0n) is 8.19. The van der Waals surface area contributed by atoms with Gasteiger partial charge in [-0.1, -0.05) is 53.4 Å². The van der Waals surface area contributed by atoms with Crippen molar-refractivity contribution in [3.8, 4) is 0 Å². The molecule has 0 N–H and O–H groups in total. The van der Waals surface area contributed by atoms with Crippen LogP contribution in [0.3, 0.4) is 0 Å². The minimum absolute atomic E-state index is 1.00. The molecule has 1 aliphatic rings. The zero-order chi connectivity index (χ0) is 9.80. The number of aliphatic imine (C=N–C) groups is 1. The first-order valence-electron chi connectivity index (χ1n) is 4.70. The Balaban J connectivity index is 1.91. The van der Waals surface area contributed by atoms with Crippen LogP contribution in [0.25, 0.3) is 0 Å². The van der Waals surface area contributed by atoms with E-state index in [1.165, 1.54) is 15.5 Å². The Morgan fingerprint density at radius 1 is 1.50 bits per heavy atom. The Kier molecular flexibility index (Phi) is 3.54. The lowest BCUT2D eigenvalue weighted by Gasteiger charge is -2.01. The van der Waals surface area contributed by atoms with Gasteiger partial charge in [0.1, 0.15) is 4.38 Å². The lowest BCUT2D eigenvalue weighted by Crippen LogP contribution is -1.85. The van der Waals surface area contributed by atoms with Crippen molar-refractivity contribution in [1.82, 2.24) is 0 Å². The van der Waals surface area contributed by atoms with E-state index < -0.39 is 0 Å². The van der Waals surface area contributed by atoms with Crippen LogP contribution in [0.15, 0.2) is 29.3 Å². The number of benzene rings is 1. The van der Waals surface area contributed by atoms with Crippen LogP contribution < -0.4 is 0 Å². The first kappa shape index (κ1) is 10.1. The fourth-order valence-electron chi connectivity index (χ4n) is 1.35. The lowest BCUT2D eigenvalue weighted by molar-refractivity contribution is 1.18. The van der Waals surface area contributed by atoms with Gasteiger partial charge in [0.15, 0.2) is 0 Å². The molecule has 0 radical (unpaired) electrons. The van der Waals surface area contributed by atoms with Gasteiger partial charge in [-0.3, -0.25) is 4.99 Å². The van der Waals surface area contributed by atoms with Crippen LogP contribution in [0.1, 0.15) is 11.1 Å². The molecule has 0 saturated heterocycles. The molecule has 2 rings (SSSR count). The predicted molar refractivity (Wildman–Crippen MR) is 67.2 cm³/mol. The smallest absolute Gasteiger partial charge is 0.124 e. The predicted octanol–water partition coefficient (Wildman–Crippen LogP) is 3.33. The molecule has 1 aliphatic heterocycles. The van der Waals surface area contributed by atoms with E-state index in [9.17, 15) is 0 Å². The second-order valence-corrected chi connectivity index (χ2v) is 5.58. The molecule has 1 nitrogen and oxygen atoms in total. The van der Waals surface area contributed by atoms with E-state index in [1.54, 1.807) is 0 Å². The molecule has 3 heteroatoms. The molecule has 74 valence electrons. The molecule has 14 heavy (non-hydrogen) atoms. The van der Waals surface area contributed by atoms with Crippen molar-refractivity contribution in [2.24, 2.45) is 4.99 Å². The van der Waals surface area contributed by atoms with Gasteiger partial charge in [-0.25, -0.2) is 0 Å². The molecule has 0 aliphatic carbocycles. The van der Waals surface area contributed by atoms with Crippen molar-refractivity contribution in [1.29, 1.82) is 0 Å². The van der Waals surface area contributed by atoms with Crippen LogP contribution in [-0.2, 0) is 5.75 Å². The molecule has 0 unspecified atom stereocenters. The van der Waals surface area contributed by atoms with Gasteiger partial charge >= 0.3 is 0 Å². The number of aryl methyl sites for hydroxylation is 1. The second kappa shape index (κ2) is 4.89. The fraction of sp³-hybridized carbons (Fsp3) is 0.364. The van der Waals surface area contributed by atoms with Crippen LogP contribution in [0, 0.1) is 6.92 Å². The molecule has 0 saturated carbocycles. The molecule has 0 atom stereocenters. The highest BCUT2D eigenvalue weighted by molar-refractivity contribution is 8.38. The minimum atomic E-state index is 1.00. The van der Waals surface area contributed by atoms with Gasteiger partial charge in [-0.15, -0.1) is 0 Å². The maximum Gasteiger partial charge on any atom is 0.124 e. The number of hydrogen-bond acceptors (Lipinski definition) is 3. The highest BCUT2D eigenvalue weighted by atomic mass is 32.2. The maximum atomic E-state index is 4.42. The molecule has 0 spiro atoms. The van der Waals surface area contributed by atoms with Gasteiger partial charge in [-0.2, -0.15) is 0 Å². The third-order valence-electron chi connectivity index (χ3n) is 2.00. The summed E-state index contributed by atoms with van der Waals surface area (Å²) in [6, 6.07) is 8.68. The summed E-state index contributed by atoms with van der Waals surface area (Å²) in [6.45, 7) is 3.14. The number of hydrogen-bond donors (Lipinski definition) is 0. The largest absolute Gasteiger partial charge is 0.271 e. The molecular weight excluding hydrogens is 210 g/mol. The van der Waals surface area contributed by atoms with Crippen molar-refractivity contribution in [2.75, 3.05) is 12.3 Å². The molecule has 0 bridgehead atoms. The summed E-state index contributed by atoms with van der Waals surface area (Å²) in [5.74, 6) is 2.21. The minimum Gasteiger partial charge on any atom is -0.271 e. The molecule has 0 fully saturated rings. The molecule has 1 aromatic rings. The highest BCUT2D eigenvalue weighted by Gasteiger charge is 2.07. The van der Waals surface area contributed by atoms with Crippen LogP contribution in [0.2, 0.25) is 0 Å². The fourth-order valence-corrected chi connectivity index (χ4v) is 3.30. The average molecular weight is 223 g/mol. The topological polar surface area (TPSA) is 12.4 Å². The first-order chi connectivity index (χ1) is 6.84. The molecule has 1 heterocycles. The number of nitrogens with zero attached hydrogens (tertiary/aromatic N) is 1. The van der Waals surface area contributed by atoms with Crippen LogP contribution >= 0.6 is 23.5 Å². The quantitative estimate of drug-likeness (QED) is 0.762. The van der Waals surface area contributed by atoms with Crippen molar-refractivity contribution < 1.29 is 0 Å². The molecule has 0 aromatic heterocycles. The Morgan fingerprint density at radius 3 is 3.14 bits per heavy atom. The van der Waals surface area contributed by atoms with E-state index in [2.05, 4.69) is 36.2 Å². The summed E-state index contributed by atoms with van der Waals surface area (Å²) in [5, 5.41) is 0. The van der Waals surface area contributed by atoms with E-state index in [1.807, 2.05) is 23.5 Å². The van der Waals surface area contributed by atoms with Gasteiger partial charge in [0, 0.05) is 11.5 Å². The Hall–Kier alpha value is -0.410. The van der Waals surface area contributed by atoms with E-state index in [4.69, 9.17) is 0 Å². The van der Waals surface area contributed by atoms with Crippen LogP contribution in [0.5, 0.6) is 0 Å². The summed E-state index contributed by atoms with van der Waals surface area (Å²) < 4.78 is 1.26. The Labute approximate surface area is 93.4 Å². The maximum absolute atomic E-state index is 4.42. The zero-order valence-corrected chi connectivity index (χ0v) is 9.83. The van der Waals surface area contributed by atoms with Crippen molar-refractivity contribution in [3.05, 3.63) is 35.4 Å². The summed E-state index contributed by atoms with van der Waals surface area (Å²) in [4.78, 5) is 4.42. The lowest BCUT2D eigenvalue weighted by atomic mass is 10.2. The van der Waals surface area contributed by atoms with Crippen LogP contribution in [-0.4, -0.2) is 16.7 Å². The monoisotopic (exact) mass is 223 g/mol. The standard InChI is InChI=1S/C11H13NS2/c1-9-3-2-4-10(7-9)8-14-11-12-5-6-13-11/h2-4,7H,5-6,8H2,1H3. The first-order valence-corrected chi connectivity index (χ1v) is 6.67. The highest BCUT2D eigenvalue weighted by Crippen LogP contribution is 2.25. The van der Waals surface area contributed by atoms with Gasteiger partial charge in [0.25, 0.3) is 0 Å². The Bertz CT molecular complexity index is 347. The summed E-state index contributed by atoms with van der Waals surface area (Å²) in [7, 11) is 0. The molecular formula is C11H13NS2. The SMILES string of the molecule is Cc1cccc(CSC2=NCCS2)c1. The summed E-state index contributed by atoms with van der Waals surface area (Å²) in [5.41, 5.74) is 2.73. The molecule has 1 aromatic carbocycles. The van der Waals surface area contributed by atoms with Gasteiger partial charge < -0.3 is 0 Å². The number of thioether (sulfide) groups is 2. The van der Waals surface area contributed by atoms with Crippen LogP contribution in [0.4, 0.5) is 0 Å². The van der Waals surface area contributed by atoms with Crippen molar-refractivity contribution in [3.63, 3.8) is 0 Å². The van der Waals surface area contributed by atoms with E-state index in [0.29, 0.717) is 0 Å². The van der Waals surface area contributed by atoms with Crippen molar-refractivity contribution in [2.45, 2.75) is 12.7 Å². The summed E-state index contributed by atoms with van der Waals surface area (Å²) in [6.07, 6.45) is 0. The average Bonchev–Trinajstić information content (AvgIpc) is 2.67. The number of rotatable bonds is 2. The van der Waals surface area contributed by atoms with E-state index in [-0.39, 0.29) is 0 Å².